The van der Waals surface area contributed by atoms with Crippen molar-refractivity contribution in [1.82, 2.24) is 0 Å². The van der Waals surface area contributed by atoms with Crippen LogP contribution >= 0.6 is 11.6 Å². The summed E-state index contributed by atoms with van der Waals surface area (Å²) < 4.78 is 49.1. The van der Waals surface area contributed by atoms with E-state index in [9.17, 15) is 0 Å². The molecule has 0 N–H and O–H groups in total. The third-order valence-electron chi connectivity index (χ3n) is 3.97. The van der Waals surface area contributed by atoms with E-state index in [4.69, 9.17) is 54.2 Å². The van der Waals surface area contributed by atoms with Crippen molar-refractivity contribution < 1.29 is 42.6 Å². The largest absolute Gasteiger partial charge is 0.487 e. The van der Waals surface area contributed by atoms with Crippen LogP contribution in [0, 0.1) is 0 Å². The molecule has 0 saturated heterocycles. The van der Waals surface area contributed by atoms with Gasteiger partial charge in [0.25, 0.3) is 0 Å². The van der Waals surface area contributed by atoms with Gasteiger partial charge in [0.15, 0.2) is 11.5 Å². The van der Waals surface area contributed by atoms with Gasteiger partial charge in [0.05, 0.1) is 59.5 Å². The first-order chi connectivity index (χ1) is 15.8. The molecule has 0 heterocycles. The molecule has 0 bridgehead atoms. The van der Waals surface area contributed by atoms with E-state index in [1.54, 1.807) is 21.3 Å². The second-order valence-electron chi connectivity index (χ2n) is 6.42. The molecular formula is C22H37ClO9. The van der Waals surface area contributed by atoms with Crippen LogP contribution in [0.3, 0.4) is 0 Å². The first kappa shape index (κ1) is 28.7. The predicted octanol–water partition coefficient (Wildman–Crippen LogP) is 2.55. The molecule has 1 aromatic rings. The summed E-state index contributed by atoms with van der Waals surface area (Å²) >= 11 is 6.07. The average molecular weight is 481 g/mol. The molecule has 0 radical (unpaired) electrons. The molecule has 10 heteroatoms. The highest BCUT2D eigenvalue weighted by atomic mass is 35.5. The average Bonchev–Trinajstić information content (AvgIpc) is 2.81. The molecule has 0 aliphatic rings. The zero-order chi connectivity index (χ0) is 23.3. The SMILES string of the molecule is COCCOCCOc1cc(CCl)cc(OCCOCCOC)c1OCCOCCOC. The maximum Gasteiger partial charge on any atom is 0.203 e. The molecule has 0 aromatic heterocycles. The fraction of sp³-hybridized carbons (Fsp3) is 0.727. The number of methoxy groups -OCH3 is 3. The minimum atomic E-state index is 0.307. The van der Waals surface area contributed by atoms with Crippen molar-refractivity contribution in [1.29, 1.82) is 0 Å². The zero-order valence-corrected chi connectivity index (χ0v) is 20.2. The lowest BCUT2D eigenvalue weighted by Gasteiger charge is -2.18. The molecule has 32 heavy (non-hydrogen) atoms. The van der Waals surface area contributed by atoms with Crippen LogP contribution in [0.25, 0.3) is 0 Å². The van der Waals surface area contributed by atoms with Crippen molar-refractivity contribution in [2.24, 2.45) is 0 Å². The number of hydrogen-bond donors (Lipinski definition) is 0. The Labute approximate surface area is 196 Å². The molecular weight excluding hydrogens is 444 g/mol. The van der Waals surface area contributed by atoms with Crippen LogP contribution in [0.5, 0.6) is 17.2 Å². The van der Waals surface area contributed by atoms with Crippen molar-refractivity contribution in [3.8, 4) is 17.2 Å². The molecule has 186 valence electrons. The van der Waals surface area contributed by atoms with Crippen LogP contribution in [0.15, 0.2) is 12.1 Å². The molecule has 9 nitrogen and oxygen atoms in total. The summed E-state index contributed by atoms with van der Waals surface area (Å²) in [6.07, 6.45) is 0. The third-order valence-corrected chi connectivity index (χ3v) is 4.28. The Morgan fingerprint density at radius 2 is 0.906 bits per heavy atom. The molecule has 1 aromatic carbocycles. The highest BCUT2D eigenvalue weighted by molar-refractivity contribution is 6.17. The highest BCUT2D eigenvalue weighted by Crippen LogP contribution is 2.39. The summed E-state index contributed by atoms with van der Waals surface area (Å²) in [5.41, 5.74) is 0.848. The molecule has 1 rings (SSSR count). The summed E-state index contributed by atoms with van der Waals surface area (Å²) in [6.45, 7) is 5.33. The number of halogens is 1. The minimum Gasteiger partial charge on any atom is -0.487 e. The molecule has 0 fully saturated rings. The number of hydrogen-bond acceptors (Lipinski definition) is 9. The molecule has 0 aliphatic heterocycles. The number of benzene rings is 1. The topological polar surface area (TPSA) is 83.1 Å². The first-order valence-electron chi connectivity index (χ1n) is 10.6. The number of alkyl halides is 1. The molecule has 0 aliphatic carbocycles. The number of ether oxygens (including phenoxy) is 9. The van der Waals surface area contributed by atoms with Gasteiger partial charge in [0.2, 0.25) is 5.75 Å². The van der Waals surface area contributed by atoms with E-state index in [0.29, 0.717) is 102 Å². The highest BCUT2D eigenvalue weighted by Gasteiger charge is 2.16. The molecule has 0 amide bonds. The van der Waals surface area contributed by atoms with E-state index >= 15 is 0 Å². The van der Waals surface area contributed by atoms with Gasteiger partial charge in [-0.2, -0.15) is 0 Å². The van der Waals surface area contributed by atoms with Crippen molar-refractivity contribution in [2.45, 2.75) is 5.88 Å². The minimum absolute atomic E-state index is 0.307. The molecule has 0 atom stereocenters. The van der Waals surface area contributed by atoms with Gasteiger partial charge in [-0.25, -0.2) is 0 Å². The van der Waals surface area contributed by atoms with E-state index in [-0.39, 0.29) is 0 Å². The lowest BCUT2D eigenvalue weighted by atomic mass is 10.2. The van der Waals surface area contributed by atoms with Gasteiger partial charge in [-0.3, -0.25) is 0 Å². The van der Waals surface area contributed by atoms with Crippen molar-refractivity contribution in [3.05, 3.63) is 17.7 Å². The van der Waals surface area contributed by atoms with Gasteiger partial charge in [-0.1, -0.05) is 0 Å². The Bertz CT molecular complexity index is 537. The smallest absolute Gasteiger partial charge is 0.203 e. The third kappa shape index (κ3) is 13.3. The lowest BCUT2D eigenvalue weighted by Crippen LogP contribution is -2.14. The summed E-state index contributed by atoms with van der Waals surface area (Å²) in [6, 6.07) is 3.68. The second-order valence-corrected chi connectivity index (χ2v) is 6.68. The Morgan fingerprint density at radius 1 is 0.531 bits per heavy atom. The van der Waals surface area contributed by atoms with Crippen LogP contribution in [-0.2, 0) is 34.3 Å². The first-order valence-corrected chi connectivity index (χ1v) is 11.1. The molecule has 0 spiro atoms. The van der Waals surface area contributed by atoms with Crippen LogP contribution in [0.2, 0.25) is 0 Å². The van der Waals surface area contributed by atoms with Gasteiger partial charge in [-0.05, 0) is 17.7 Å². The molecule has 0 saturated carbocycles. The van der Waals surface area contributed by atoms with E-state index in [1.807, 2.05) is 12.1 Å². The Balaban J connectivity index is 2.74. The lowest BCUT2D eigenvalue weighted by molar-refractivity contribution is 0.0468. The van der Waals surface area contributed by atoms with Crippen LogP contribution in [0.1, 0.15) is 5.56 Å². The van der Waals surface area contributed by atoms with Crippen molar-refractivity contribution in [2.75, 3.05) is 101 Å². The molecule has 0 unspecified atom stereocenters. The summed E-state index contributed by atoms with van der Waals surface area (Å²) in [5.74, 6) is 1.86. The second kappa shape index (κ2) is 20.3. The van der Waals surface area contributed by atoms with Crippen LogP contribution in [-0.4, -0.2) is 101 Å². The maximum atomic E-state index is 6.07. The summed E-state index contributed by atoms with van der Waals surface area (Å²) in [5, 5.41) is 0. The monoisotopic (exact) mass is 480 g/mol. The van der Waals surface area contributed by atoms with E-state index in [2.05, 4.69) is 0 Å². The summed E-state index contributed by atoms with van der Waals surface area (Å²) in [7, 11) is 4.89. The van der Waals surface area contributed by atoms with E-state index < -0.39 is 0 Å². The predicted molar refractivity (Wildman–Crippen MR) is 121 cm³/mol. The quantitative estimate of drug-likeness (QED) is 0.183. The Kier molecular flexibility index (Phi) is 18.2. The standard InChI is InChI=1S/C22H37ClO9/c1-24-4-7-27-10-13-30-20-16-19(18-23)17-21(31-14-11-28-8-5-25-2)22(20)32-15-12-29-9-6-26-3/h16-17H,4-15,18H2,1-3H3. The fourth-order valence-electron chi connectivity index (χ4n) is 2.42. The number of rotatable bonds is 22. The van der Waals surface area contributed by atoms with Gasteiger partial charge in [0.1, 0.15) is 19.8 Å². The zero-order valence-electron chi connectivity index (χ0n) is 19.4. The maximum absolute atomic E-state index is 6.07. The van der Waals surface area contributed by atoms with Crippen molar-refractivity contribution >= 4 is 11.6 Å². The Morgan fingerprint density at radius 3 is 1.28 bits per heavy atom. The van der Waals surface area contributed by atoms with Crippen molar-refractivity contribution in [3.63, 3.8) is 0 Å². The normalized spacial score (nSPS) is 11.0. The van der Waals surface area contributed by atoms with Crippen LogP contribution < -0.4 is 14.2 Å². The van der Waals surface area contributed by atoms with Gasteiger partial charge < -0.3 is 42.6 Å². The fourth-order valence-corrected chi connectivity index (χ4v) is 2.58. The van der Waals surface area contributed by atoms with Crippen LogP contribution in [0.4, 0.5) is 0 Å². The van der Waals surface area contributed by atoms with E-state index in [1.165, 1.54) is 0 Å². The van der Waals surface area contributed by atoms with Gasteiger partial charge in [-0.15, -0.1) is 11.6 Å². The van der Waals surface area contributed by atoms with E-state index in [0.717, 1.165) is 5.56 Å². The van der Waals surface area contributed by atoms with Gasteiger partial charge >= 0.3 is 0 Å². The van der Waals surface area contributed by atoms with Gasteiger partial charge in [0, 0.05) is 27.2 Å². The summed E-state index contributed by atoms with van der Waals surface area (Å²) in [4.78, 5) is 0. The Hall–Kier alpha value is -1.33.